The normalized spacial score (nSPS) is 13.3. The molecule has 0 saturated carbocycles. The van der Waals surface area contributed by atoms with E-state index in [2.05, 4.69) is 0 Å². The van der Waals surface area contributed by atoms with Crippen LogP contribution in [0.1, 0.15) is 6.92 Å². The Morgan fingerprint density at radius 1 is 1.43 bits per heavy atom. The average molecular weight is 190 g/mol. The number of hydrogen-bond donors (Lipinski definition) is 2. The third-order valence-corrected chi connectivity index (χ3v) is 2.28. The summed E-state index contributed by atoms with van der Waals surface area (Å²) in [4.78, 5) is 0. The zero-order valence-electron chi connectivity index (χ0n) is 8.14. The molecule has 0 aliphatic rings. The summed E-state index contributed by atoms with van der Waals surface area (Å²) in [6.45, 7) is 2.35. The molecule has 0 aliphatic carbocycles. The number of rotatable bonds is 2. The molecule has 3 nitrogen and oxygen atoms in total. The quantitative estimate of drug-likeness (QED) is 0.707. The van der Waals surface area contributed by atoms with Crippen LogP contribution in [0.5, 0.6) is 0 Å². The highest BCUT2D eigenvalue weighted by Gasteiger charge is 2.05. The maximum atomic E-state index is 9.31. The Labute approximate surface area is 82.8 Å². The molecule has 2 rings (SSSR count). The maximum absolute atomic E-state index is 9.31. The lowest BCUT2D eigenvalue weighted by atomic mass is 10.2. The molecule has 1 aromatic carbocycles. The molecule has 0 aliphatic heterocycles. The van der Waals surface area contributed by atoms with Gasteiger partial charge in [-0.25, -0.2) is 0 Å². The lowest BCUT2D eigenvalue weighted by molar-refractivity contribution is 0.175. The molecule has 0 amide bonds. The van der Waals surface area contributed by atoms with Crippen molar-refractivity contribution >= 4 is 16.6 Å². The highest BCUT2D eigenvalue weighted by Crippen LogP contribution is 2.22. The van der Waals surface area contributed by atoms with Crippen molar-refractivity contribution in [3.05, 3.63) is 30.5 Å². The van der Waals surface area contributed by atoms with Crippen molar-refractivity contribution in [2.45, 2.75) is 19.6 Å². The third-order valence-electron chi connectivity index (χ3n) is 2.28. The van der Waals surface area contributed by atoms with E-state index in [1.807, 2.05) is 35.0 Å². The van der Waals surface area contributed by atoms with Crippen LogP contribution < -0.4 is 5.73 Å². The molecule has 1 unspecified atom stereocenters. The van der Waals surface area contributed by atoms with Crippen LogP contribution in [0.15, 0.2) is 30.5 Å². The van der Waals surface area contributed by atoms with Gasteiger partial charge in [0.1, 0.15) is 0 Å². The second kappa shape index (κ2) is 3.35. The number of para-hydroxylation sites is 1. The van der Waals surface area contributed by atoms with Crippen LogP contribution in [0.4, 0.5) is 5.69 Å². The van der Waals surface area contributed by atoms with Gasteiger partial charge in [0.2, 0.25) is 0 Å². The molecule has 0 radical (unpaired) electrons. The molecule has 1 atom stereocenters. The molecule has 0 saturated heterocycles. The smallest absolute Gasteiger partial charge is 0.0714 e. The van der Waals surface area contributed by atoms with E-state index in [9.17, 15) is 5.11 Å². The summed E-state index contributed by atoms with van der Waals surface area (Å²) in [5.74, 6) is 0. The van der Waals surface area contributed by atoms with Gasteiger partial charge in [-0.05, 0) is 19.1 Å². The molecular formula is C11H14N2O. The monoisotopic (exact) mass is 190 g/mol. The summed E-state index contributed by atoms with van der Waals surface area (Å²) < 4.78 is 1.98. The van der Waals surface area contributed by atoms with Crippen molar-refractivity contribution in [3.63, 3.8) is 0 Å². The average Bonchev–Trinajstić information content (AvgIpc) is 2.49. The minimum Gasteiger partial charge on any atom is -0.397 e. The topological polar surface area (TPSA) is 51.2 Å². The summed E-state index contributed by atoms with van der Waals surface area (Å²) in [5.41, 5.74) is 7.64. The van der Waals surface area contributed by atoms with E-state index in [4.69, 9.17) is 5.73 Å². The number of aromatic nitrogens is 1. The lowest BCUT2D eigenvalue weighted by Gasteiger charge is -2.08. The Bertz CT molecular complexity index is 445. The molecule has 1 heterocycles. The molecule has 14 heavy (non-hydrogen) atoms. The largest absolute Gasteiger partial charge is 0.397 e. The first kappa shape index (κ1) is 9.09. The van der Waals surface area contributed by atoms with E-state index in [0.29, 0.717) is 6.54 Å². The van der Waals surface area contributed by atoms with E-state index in [1.165, 1.54) is 0 Å². The van der Waals surface area contributed by atoms with E-state index in [-0.39, 0.29) is 6.10 Å². The maximum Gasteiger partial charge on any atom is 0.0714 e. The lowest BCUT2D eigenvalue weighted by Crippen LogP contribution is -2.11. The standard InChI is InChI=1S/C11H14N2O/c1-8(14)7-13-6-5-9-3-2-4-10(12)11(9)13/h2-6,8,14H,7,12H2,1H3. The summed E-state index contributed by atoms with van der Waals surface area (Å²) in [5, 5.41) is 10.4. The first-order valence-corrected chi connectivity index (χ1v) is 4.70. The van der Waals surface area contributed by atoms with Gasteiger partial charge in [0, 0.05) is 18.1 Å². The Kier molecular flexibility index (Phi) is 2.17. The number of nitrogens with two attached hydrogens (primary N) is 1. The predicted octanol–water partition coefficient (Wildman–Crippen LogP) is 1.60. The molecule has 0 spiro atoms. The van der Waals surface area contributed by atoms with Crippen LogP contribution in [0, 0.1) is 0 Å². The van der Waals surface area contributed by atoms with Crippen LogP contribution in [0.25, 0.3) is 10.9 Å². The fourth-order valence-electron chi connectivity index (χ4n) is 1.73. The van der Waals surface area contributed by atoms with Gasteiger partial charge in [0.15, 0.2) is 0 Å². The number of hydrogen-bond acceptors (Lipinski definition) is 2. The van der Waals surface area contributed by atoms with Gasteiger partial charge in [-0.3, -0.25) is 0 Å². The highest BCUT2D eigenvalue weighted by atomic mass is 16.3. The second-order valence-corrected chi connectivity index (χ2v) is 3.60. The van der Waals surface area contributed by atoms with Crippen LogP contribution in [-0.4, -0.2) is 15.8 Å². The van der Waals surface area contributed by atoms with E-state index < -0.39 is 0 Å². The minimum atomic E-state index is -0.356. The molecule has 3 N–H and O–H groups in total. The Morgan fingerprint density at radius 3 is 2.93 bits per heavy atom. The summed E-state index contributed by atoms with van der Waals surface area (Å²) in [6.07, 6.45) is 1.60. The second-order valence-electron chi connectivity index (χ2n) is 3.60. The fraction of sp³-hybridized carbons (Fsp3) is 0.273. The Balaban J connectivity index is 2.55. The summed E-state index contributed by atoms with van der Waals surface area (Å²) in [6, 6.07) is 7.84. The van der Waals surface area contributed by atoms with Crippen LogP contribution in [0.2, 0.25) is 0 Å². The Morgan fingerprint density at radius 2 is 2.21 bits per heavy atom. The van der Waals surface area contributed by atoms with Gasteiger partial charge < -0.3 is 15.4 Å². The fourth-order valence-corrected chi connectivity index (χ4v) is 1.73. The molecule has 0 bridgehead atoms. The SMILES string of the molecule is CC(O)Cn1ccc2cccc(N)c21. The van der Waals surface area contributed by atoms with Crippen molar-refractivity contribution in [2.75, 3.05) is 5.73 Å². The molecular weight excluding hydrogens is 176 g/mol. The number of anilines is 1. The van der Waals surface area contributed by atoms with Crippen LogP contribution >= 0.6 is 0 Å². The zero-order chi connectivity index (χ0) is 10.1. The number of aliphatic hydroxyl groups is 1. The van der Waals surface area contributed by atoms with Crippen LogP contribution in [0.3, 0.4) is 0 Å². The van der Waals surface area contributed by atoms with E-state index >= 15 is 0 Å². The highest BCUT2D eigenvalue weighted by molar-refractivity contribution is 5.90. The molecule has 2 aromatic rings. The number of benzene rings is 1. The molecule has 3 heteroatoms. The predicted molar refractivity (Wildman–Crippen MR) is 58.0 cm³/mol. The number of nitrogens with zero attached hydrogens (tertiary/aromatic N) is 1. The van der Waals surface area contributed by atoms with E-state index in [0.717, 1.165) is 16.6 Å². The minimum absolute atomic E-state index is 0.356. The van der Waals surface area contributed by atoms with Crippen molar-refractivity contribution in [1.29, 1.82) is 0 Å². The molecule has 0 fully saturated rings. The van der Waals surface area contributed by atoms with Crippen molar-refractivity contribution in [1.82, 2.24) is 4.57 Å². The number of nitrogen functional groups attached to an aromatic ring is 1. The van der Waals surface area contributed by atoms with Gasteiger partial charge >= 0.3 is 0 Å². The van der Waals surface area contributed by atoms with Crippen molar-refractivity contribution in [3.8, 4) is 0 Å². The first-order chi connectivity index (χ1) is 6.68. The Hall–Kier alpha value is -1.48. The number of fused-ring (bicyclic) bond motifs is 1. The van der Waals surface area contributed by atoms with E-state index in [1.54, 1.807) is 6.92 Å². The number of aliphatic hydroxyl groups excluding tert-OH is 1. The van der Waals surface area contributed by atoms with Crippen LogP contribution in [-0.2, 0) is 6.54 Å². The van der Waals surface area contributed by atoms with Gasteiger partial charge in [-0.1, -0.05) is 12.1 Å². The summed E-state index contributed by atoms with van der Waals surface area (Å²) in [7, 11) is 0. The first-order valence-electron chi connectivity index (χ1n) is 4.70. The van der Waals surface area contributed by atoms with Crippen molar-refractivity contribution in [2.24, 2.45) is 0 Å². The van der Waals surface area contributed by atoms with Gasteiger partial charge in [0.25, 0.3) is 0 Å². The summed E-state index contributed by atoms with van der Waals surface area (Å²) >= 11 is 0. The van der Waals surface area contributed by atoms with Gasteiger partial charge in [0.05, 0.1) is 17.3 Å². The van der Waals surface area contributed by atoms with Crippen molar-refractivity contribution < 1.29 is 5.11 Å². The van der Waals surface area contributed by atoms with Gasteiger partial charge in [-0.15, -0.1) is 0 Å². The third kappa shape index (κ3) is 1.46. The zero-order valence-corrected chi connectivity index (χ0v) is 8.14. The molecule has 74 valence electrons. The van der Waals surface area contributed by atoms with Gasteiger partial charge in [-0.2, -0.15) is 0 Å². The molecule has 1 aromatic heterocycles.